The Bertz CT molecular complexity index is 913. The lowest BCUT2D eigenvalue weighted by atomic mass is 9.95. The van der Waals surface area contributed by atoms with Crippen molar-refractivity contribution in [3.8, 4) is 0 Å². The summed E-state index contributed by atoms with van der Waals surface area (Å²) < 4.78 is 0.908. The molecule has 3 heterocycles. The minimum Gasteiger partial charge on any atom is -0.341 e. The van der Waals surface area contributed by atoms with Gasteiger partial charge < -0.3 is 15.1 Å². The largest absolute Gasteiger partial charge is 0.341 e. The minimum absolute atomic E-state index is 0.0130. The van der Waals surface area contributed by atoms with Crippen molar-refractivity contribution in [1.29, 1.82) is 0 Å². The summed E-state index contributed by atoms with van der Waals surface area (Å²) in [5, 5.41) is 10.8. The van der Waals surface area contributed by atoms with E-state index in [-0.39, 0.29) is 23.6 Å². The van der Waals surface area contributed by atoms with Crippen LogP contribution in [0.3, 0.4) is 0 Å². The van der Waals surface area contributed by atoms with Crippen LogP contribution in [0, 0.1) is 5.92 Å². The van der Waals surface area contributed by atoms with Gasteiger partial charge in [-0.3, -0.25) is 14.4 Å². The van der Waals surface area contributed by atoms with Crippen LogP contribution in [-0.4, -0.2) is 63.4 Å². The number of hydrogen-bond acceptors (Lipinski definition) is 6. The van der Waals surface area contributed by atoms with Crippen molar-refractivity contribution in [2.24, 2.45) is 5.92 Å². The second-order valence-electron chi connectivity index (χ2n) is 7.50. The van der Waals surface area contributed by atoms with Gasteiger partial charge in [-0.15, -0.1) is 10.2 Å². The van der Waals surface area contributed by atoms with Crippen molar-refractivity contribution in [1.82, 2.24) is 20.0 Å². The van der Waals surface area contributed by atoms with E-state index in [1.54, 1.807) is 27.4 Å². The number of anilines is 1. The third-order valence-corrected chi connectivity index (χ3v) is 6.79. The number of aromatic nitrogens is 2. The molecule has 1 aromatic heterocycles. The molecule has 8 nitrogen and oxygen atoms in total. The Labute approximate surface area is 186 Å². The molecule has 0 saturated carbocycles. The first-order valence-electron chi connectivity index (χ1n) is 9.95. The molecule has 2 aliphatic heterocycles. The average Bonchev–Trinajstić information content (AvgIpc) is 3.45. The van der Waals surface area contributed by atoms with Crippen molar-refractivity contribution >= 4 is 50.1 Å². The lowest BCUT2D eigenvalue weighted by molar-refractivity contribution is -0.138. The summed E-state index contributed by atoms with van der Waals surface area (Å²) in [5.41, 5.74) is 2.16. The van der Waals surface area contributed by atoms with Crippen LogP contribution in [-0.2, 0) is 9.59 Å². The number of nitrogens with one attached hydrogen (secondary N) is 1. The molecule has 30 heavy (non-hydrogen) atoms. The Morgan fingerprint density at radius 1 is 1.07 bits per heavy atom. The van der Waals surface area contributed by atoms with Crippen LogP contribution in [0.25, 0.3) is 0 Å². The zero-order valence-corrected chi connectivity index (χ0v) is 18.7. The number of hydrogen-bond donors (Lipinski definition) is 1. The van der Waals surface area contributed by atoms with E-state index in [0.717, 1.165) is 10.9 Å². The van der Waals surface area contributed by atoms with Crippen molar-refractivity contribution in [2.45, 2.75) is 31.7 Å². The number of likely N-dealkylation sites (tertiary alicyclic amines) is 2. The molecule has 0 spiro atoms. The van der Waals surface area contributed by atoms with Crippen LogP contribution in [0.5, 0.6) is 0 Å². The predicted octanol–water partition coefficient (Wildman–Crippen LogP) is 2.78. The molecule has 4 rings (SSSR count). The molecule has 1 aromatic carbocycles. The molecular formula is C20H22BrN5O3S. The number of carbonyl (C=O) groups excluding carboxylic acids is 3. The molecule has 0 radical (unpaired) electrons. The molecule has 1 atom stereocenters. The Balaban J connectivity index is 1.34. The highest BCUT2D eigenvalue weighted by Crippen LogP contribution is 2.26. The molecule has 158 valence electrons. The van der Waals surface area contributed by atoms with Crippen LogP contribution in [0.4, 0.5) is 5.13 Å². The number of benzene rings is 1. The summed E-state index contributed by atoms with van der Waals surface area (Å²) >= 11 is 4.66. The first kappa shape index (κ1) is 20.9. The van der Waals surface area contributed by atoms with Gasteiger partial charge in [0, 0.05) is 35.6 Å². The van der Waals surface area contributed by atoms with Crippen molar-refractivity contribution < 1.29 is 14.4 Å². The van der Waals surface area contributed by atoms with Gasteiger partial charge >= 0.3 is 0 Å². The first-order chi connectivity index (χ1) is 14.5. The standard InChI is InChI=1S/C20H22BrN5O3S/c21-15-5-3-14(4-6-15)18(28)26-9-1-2-16(26)19(29)25-10-7-13(8-11-25)17(27)23-20-24-22-12-30-20/h3-6,12-13,16H,1-2,7-11H2,(H,23,24,27). The van der Waals surface area contributed by atoms with E-state index in [2.05, 4.69) is 31.4 Å². The van der Waals surface area contributed by atoms with Gasteiger partial charge in [0.05, 0.1) is 0 Å². The molecule has 1 N–H and O–H groups in total. The monoisotopic (exact) mass is 491 g/mol. The second kappa shape index (κ2) is 9.22. The number of rotatable bonds is 4. The van der Waals surface area contributed by atoms with Gasteiger partial charge in [-0.2, -0.15) is 0 Å². The molecule has 10 heteroatoms. The predicted molar refractivity (Wildman–Crippen MR) is 116 cm³/mol. The van der Waals surface area contributed by atoms with Gasteiger partial charge in [-0.05, 0) is 49.9 Å². The third kappa shape index (κ3) is 4.54. The van der Waals surface area contributed by atoms with E-state index in [1.165, 1.54) is 11.3 Å². The molecule has 2 aromatic rings. The van der Waals surface area contributed by atoms with E-state index >= 15 is 0 Å². The third-order valence-electron chi connectivity index (χ3n) is 5.66. The molecule has 2 saturated heterocycles. The topological polar surface area (TPSA) is 95.5 Å². The highest BCUT2D eigenvalue weighted by atomic mass is 79.9. The van der Waals surface area contributed by atoms with Crippen molar-refractivity contribution in [2.75, 3.05) is 25.0 Å². The molecule has 2 aliphatic rings. The maximum atomic E-state index is 13.1. The first-order valence-corrected chi connectivity index (χ1v) is 11.6. The molecule has 3 amide bonds. The summed E-state index contributed by atoms with van der Waals surface area (Å²) in [6.07, 6.45) is 2.70. The Morgan fingerprint density at radius 2 is 1.80 bits per heavy atom. The summed E-state index contributed by atoms with van der Waals surface area (Å²) in [5.74, 6) is -0.348. The number of nitrogens with zero attached hydrogens (tertiary/aromatic N) is 4. The maximum absolute atomic E-state index is 13.1. The smallest absolute Gasteiger partial charge is 0.254 e. The van der Waals surface area contributed by atoms with E-state index in [0.29, 0.717) is 49.6 Å². The van der Waals surface area contributed by atoms with Crippen LogP contribution >= 0.6 is 27.3 Å². The van der Waals surface area contributed by atoms with E-state index in [9.17, 15) is 14.4 Å². The van der Waals surface area contributed by atoms with Gasteiger partial charge in [0.2, 0.25) is 16.9 Å². The highest BCUT2D eigenvalue weighted by Gasteiger charge is 2.38. The quantitative estimate of drug-likeness (QED) is 0.709. The Kier molecular flexibility index (Phi) is 6.43. The molecule has 2 fully saturated rings. The summed E-state index contributed by atoms with van der Waals surface area (Å²) in [7, 11) is 0. The maximum Gasteiger partial charge on any atom is 0.254 e. The molecular weight excluding hydrogens is 470 g/mol. The number of carbonyl (C=O) groups is 3. The second-order valence-corrected chi connectivity index (χ2v) is 9.25. The lowest BCUT2D eigenvalue weighted by Crippen LogP contribution is -2.50. The molecule has 0 bridgehead atoms. The van der Waals surface area contributed by atoms with Crippen LogP contribution in [0.15, 0.2) is 34.2 Å². The van der Waals surface area contributed by atoms with Crippen LogP contribution in [0.1, 0.15) is 36.0 Å². The van der Waals surface area contributed by atoms with E-state index in [1.807, 2.05) is 12.1 Å². The van der Waals surface area contributed by atoms with Crippen LogP contribution < -0.4 is 5.32 Å². The highest BCUT2D eigenvalue weighted by molar-refractivity contribution is 9.10. The van der Waals surface area contributed by atoms with Gasteiger partial charge in [0.1, 0.15) is 11.6 Å². The van der Waals surface area contributed by atoms with Gasteiger partial charge in [-0.1, -0.05) is 27.3 Å². The fourth-order valence-corrected chi connectivity index (χ4v) is 4.74. The lowest BCUT2D eigenvalue weighted by Gasteiger charge is -2.35. The number of amides is 3. The zero-order chi connectivity index (χ0) is 21.1. The normalized spacial score (nSPS) is 19.7. The molecule has 0 aliphatic carbocycles. The fraction of sp³-hybridized carbons (Fsp3) is 0.450. The van der Waals surface area contributed by atoms with Crippen molar-refractivity contribution in [3.63, 3.8) is 0 Å². The average molecular weight is 492 g/mol. The molecule has 1 unspecified atom stereocenters. The minimum atomic E-state index is -0.423. The summed E-state index contributed by atoms with van der Waals surface area (Å²) in [4.78, 5) is 41.9. The van der Waals surface area contributed by atoms with Gasteiger partial charge in [0.15, 0.2) is 0 Å². The van der Waals surface area contributed by atoms with E-state index < -0.39 is 6.04 Å². The van der Waals surface area contributed by atoms with E-state index in [4.69, 9.17) is 0 Å². The number of piperidine rings is 1. The number of halogens is 1. The Morgan fingerprint density at radius 3 is 2.47 bits per heavy atom. The Hall–Kier alpha value is -2.33. The van der Waals surface area contributed by atoms with Crippen molar-refractivity contribution in [3.05, 3.63) is 39.8 Å². The van der Waals surface area contributed by atoms with Gasteiger partial charge in [-0.25, -0.2) is 0 Å². The SMILES string of the molecule is O=C(Nc1nncs1)C1CCN(C(=O)C2CCCN2C(=O)c2ccc(Br)cc2)CC1. The van der Waals surface area contributed by atoms with Gasteiger partial charge in [0.25, 0.3) is 5.91 Å². The summed E-state index contributed by atoms with van der Waals surface area (Å²) in [6.45, 7) is 1.62. The fourth-order valence-electron chi connectivity index (χ4n) is 4.03. The summed E-state index contributed by atoms with van der Waals surface area (Å²) in [6, 6.07) is 6.78. The zero-order valence-electron chi connectivity index (χ0n) is 16.3. The van der Waals surface area contributed by atoms with Crippen LogP contribution in [0.2, 0.25) is 0 Å².